The minimum absolute atomic E-state index is 0.00825. The average molecular weight is 943 g/mol. The third-order valence-corrected chi connectivity index (χ3v) is 14.3. The van der Waals surface area contributed by atoms with Crippen LogP contribution >= 0.6 is 17.2 Å². The predicted octanol–water partition coefficient (Wildman–Crippen LogP) is 18.6. The lowest BCUT2D eigenvalue weighted by Gasteiger charge is -2.29. The molecule has 67 heavy (non-hydrogen) atoms. The molecule has 0 spiro atoms. The number of rotatable bonds is 20. The molecule has 0 atom stereocenters. The van der Waals surface area contributed by atoms with Gasteiger partial charge >= 0.3 is 17.2 Å². The van der Waals surface area contributed by atoms with Crippen molar-refractivity contribution >= 4 is 17.2 Å². The molecule has 0 aliphatic rings. The van der Waals surface area contributed by atoms with Gasteiger partial charge in [-0.2, -0.15) is 0 Å². The van der Waals surface area contributed by atoms with Gasteiger partial charge in [-0.1, -0.05) is 162 Å². The lowest BCUT2D eigenvalue weighted by atomic mass is 9.85. The molecule has 6 rings (SSSR count). The Labute approximate surface area is 404 Å². The Morgan fingerprint density at radius 2 is 0.612 bits per heavy atom. The Kier molecular flexibility index (Phi) is 17.4. The highest BCUT2D eigenvalue weighted by Crippen LogP contribution is 2.57. The molecule has 0 fully saturated rings. The highest BCUT2D eigenvalue weighted by atomic mass is 31.2. The molecule has 0 saturated heterocycles. The van der Waals surface area contributed by atoms with Crippen LogP contribution in [0.2, 0.25) is 0 Å². The number of ether oxygens (including phenoxy) is 1. The second-order valence-electron chi connectivity index (χ2n) is 19.2. The van der Waals surface area contributed by atoms with Crippen LogP contribution in [0.1, 0.15) is 169 Å². The van der Waals surface area contributed by atoms with Gasteiger partial charge in [0.05, 0.1) is 7.11 Å². The highest BCUT2D eigenvalue weighted by Gasteiger charge is 2.35. The zero-order chi connectivity index (χ0) is 48.7. The van der Waals surface area contributed by atoms with E-state index in [-0.39, 0.29) is 35.5 Å². The first-order valence-corrected chi connectivity index (χ1v) is 26.0. The van der Waals surface area contributed by atoms with Gasteiger partial charge in [-0.3, -0.25) is 0 Å². The first kappa shape index (κ1) is 51.2. The van der Waals surface area contributed by atoms with Crippen LogP contribution in [0.15, 0.2) is 109 Å². The molecule has 0 unspecified atom stereocenters. The molecule has 7 nitrogen and oxygen atoms in total. The molecule has 0 amide bonds. The smallest absolute Gasteiger partial charge is 0.496 e. The van der Waals surface area contributed by atoms with Crippen LogP contribution in [-0.4, -0.2) is 7.11 Å². The normalized spacial score (nSPS) is 11.8. The van der Waals surface area contributed by atoms with Gasteiger partial charge in [-0.25, -0.2) is 0 Å². The van der Waals surface area contributed by atoms with Crippen LogP contribution in [0.5, 0.6) is 40.2 Å². The van der Waals surface area contributed by atoms with Crippen molar-refractivity contribution in [2.24, 2.45) is 0 Å². The Hall–Kier alpha value is -5.22. The van der Waals surface area contributed by atoms with E-state index in [2.05, 4.69) is 140 Å². The SMILES string of the molecule is COc1cc(C(C)C)c(OP(Oc2ccccc2C(C)C)Oc2ccccc2C(C)C)c(-c2c(C)c(C)cc(C(C)C)c2OP(Oc2ccccc2C(C)C)Oc2ccccc2C(C)C)c1C. The molecule has 0 bridgehead atoms. The Balaban J connectivity index is 1.64. The summed E-state index contributed by atoms with van der Waals surface area (Å²) in [6.07, 6.45) is 0. The molecule has 0 N–H and O–H groups in total. The monoisotopic (exact) mass is 942 g/mol. The highest BCUT2D eigenvalue weighted by molar-refractivity contribution is 7.43. The van der Waals surface area contributed by atoms with Gasteiger partial charge in [0, 0.05) is 22.3 Å². The molecular weight excluding hydrogens is 871 g/mol. The topological polar surface area (TPSA) is 64.6 Å². The lowest BCUT2D eigenvalue weighted by Crippen LogP contribution is -2.11. The number of para-hydroxylation sites is 4. The van der Waals surface area contributed by atoms with Crippen molar-refractivity contribution in [1.29, 1.82) is 0 Å². The summed E-state index contributed by atoms with van der Waals surface area (Å²) in [7, 11) is -2.51. The predicted molar refractivity (Wildman–Crippen MR) is 281 cm³/mol. The molecule has 0 heterocycles. The van der Waals surface area contributed by atoms with Crippen molar-refractivity contribution in [3.05, 3.63) is 159 Å². The maximum Gasteiger partial charge on any atom is 0.530 e. The number of hydrogen-bond acceptors (Lipinski definition) is 7. The van der Waals surface area contributed by atoms with Gasteiger partial charge in [0.25, 0.3) is 0 Å². The van der Waals surface area contributed by atoms with Crippen molar-refractivity contribution in [3.8, 4) is 51.4 Å². The molecule has 0 aromatic heterocycles. The van der Waals surface area contributed by atoms with Crippen molar-refractivity contribution in [2.75, 3.05) is 7.11 Å². The van der Waals surface area contributed by atoms with Gasteiger partial charge in [0.15, 0.2) is 0 Å². The van der Waals surface area contributed by atoms with E-state index >= 15 is 0 Å². The summed E-state index contributed by atoms with van der Waals surface area (Å²) in [4.78, 5) is 0. The quantitative estimate of drug-likeness (QED) is 0.0707. The fourth-order valence-corrected chi connectivity index (χ4v) is 10.5. The van der Waals surface area contributed by atoms with E-state index in [0.29, 0.717) is 34.5 Å². The van der Waals surface area contributed by atoms with Crippen LogP contribution in [-0.2, 0) is 0 Å². The first-order valence-electron chi connectivity index (χ1n) is 23.8. The molecule has 0 saturated carbocycles. The number of aryl methyl sites for hydroxylation is 1. The molecule has 6 aromatic carbocycles. The first-order chi connectivity index (χ1) is 31.9. The second-order valence-corrected chi connectivity index (χ2v) is 21.2. The van der Waals surface area contributed by atoms with E-state index in [1.807, 2.05) is 72.8 Å². The van der Waals surface area contributed by atoms with Gasteiger partial charge in [-0.15, -0.1) is 0 Å². The van der Waals surface area contributed by atoms with Gasteiger partial charge in [0.2, 0.25) is 0 Å². The zero-order valence-corrected chi connectivity index (χ0v) is 44.4. The molecule has 356 valence electrons. The number of benzene rings is 6. The van der Waals surface area contributed by atoms with Crippen LogP contribution < -0.4 is 31.9 Å². The van der Waals surface area contributed by atoms with Gasteiger partial charge < -0.3 is 31.9 Å². The van der Waals surface area contributed by atoms with Crippen LogP contribution in [0, 0.1) is 20.8 Å². The Morgan fingerprint density at radius 1 is 0.328 bits per heavy atom. The zero-order valence-electron chi connectivity index (χ0n) is 42.6. The largest absolute Gasteiger partial charge is 0.530 e. The van der Waals surface area contributed by atoms with Crippen LogP contribution in [0.4, 0.5) is 0 Å². The Bertz CT molecular complexity index is 2510. The van der Waals surface area contributed by atoms with Gasteiger partial charge in [0.1, 0.15) is 40.2 Å². The fourth-order valence-electron chi connectivity index (χ4n) is 8.28. The molecular formula is C58H72O7P2. The third-order valence-electron chi connectivity index (χ3n) is 12.2. The maximum absolute atomic E-state index is 7.44. The summed E-state index contributed by atoms with van der Waals surface area (Å²) in [6, 6.07) is 36.9. The third kappa shape index (κ3) is 11.9. The van der Waals surface area contributed by atoms with Crippen molar-refractivity contribution in [3.63, 3.8) is 0 Å². The number of hydrogen-bond donors (Lipinski definition) is 0. The van der Waals surface area contributed by atoms with E-state index < -0.39 is 17.2 Å². The Morgan fingerprint density at radius 3 is 0.910 bits per heavy atom. The molecule has 9 heteroatoms. The van der Waals surface area contributed by atoms with E-state index in [9.17, 15) is 0 Å². The minimum Gasteiger partial charge on any atom is -0.496 e. The van der Waals surface area contributed by atoms with Crippen LogP contribution in [0.25, 0.3) is 11.1 Å². The number of methoxy groups -OCH3 is 1. The van der Waals surface area contributed by atoms with E-state index in [4.69, 9.17) is 31.9 Å². The van der Waals surface area contributed by atoms with E-state index in [0.717, 1.165) is 66.9 Å². The summed E-state index contributed by atoms with van der Waals surface area (Å²) in [5.41, 5.74) is 10.9. The van der Waals surface area contributed by atoms with E-state index in [1.54, 1.807) is 7.11 Å². The summed E-state index contributed by atoms with van der Waals surface area (Å²) >= 11 is 0. The summed E-state index contributed by atoms with van der Waals surface area (Å²) in [6.45, 7) is 32.5. The lowest BCUT2D eigenvalue weighted by molar-refractivity contribution is 0.377. The van der Waals surface area contributed by atoms with E-state index in [1.165, 1.54) is 0 Å². The van der Waals surface area contributed by atoms with Gasteiger partial charge in [-0.05, 0) is 126 Å². The van der Waals surface area contributed by atoms with Crippen molar-refractivity contribution < 1.29 is 31.9 Å². The van der Waals surface area contributed by atoms with Crippen LogP contribution in [0.3, 0.4) is 0 Å². The standard InChI is InChI=1S/C58H72O7P2/c1-35(2)44-25-17-21-29-50(44)60-66(61-51-30-22-18-26-45(51)36(3)4)64-57-48(39(9)10)33-41(13)42(14)55(57)56-43(15)54(59-16)34-49(40(11)12)58(56)65-67(62-52-31-23-19-27-46(52)37(5)6)63-53-32-24-20-28-47(53)38(7)8/h17-40H,1-16H3. The summed E-state index contributed by atoms with van der Waals surface area (Å²) in [5, 5.41) is 0. The van der Waals surface area contributed by atoms with Crippen molar-refractivity contribution in [1.82, 2.24) is 0 Å². The molecule has 0 aliphatic heterocycles. The molecule has 0 radical (unpaired) electrons. The molecule has 6 aromatic rings. The second kappa shape index (κ2) is 22.7. The average Bonchev–Trinajstić information content (AvgIpc) is 3.28. The summed E-state index contributed by atoms with van der Waals surface area (Å²) < 4.78 is 49.1. The minimum atomic E-state index is -2.12. The summed E-state index contributed by atoms with van der Waals surface area (Å²) in [5.74, 6) is 5.75. The maximum atomic E-state index is 7.44. The molecule has 0 aliphatic carbocycles. The fraction of sp³-hybridized carbons (Fsp3) is 0.379. The van der Waals surface area contributed by atoms with Crippen molar-refractivity contribution in [2.45, 2.75) is 139 Å².